The third-order valence-corrected chi connectivity index (χ3v) is 5.68. The second-order valence-electron chi connectivity index (χ2n) is 6.17. The van der Waals surface area contributed by atoms with Crippen LogP contribution >= 0.6 is 27.3 Å². The number of ether oxygens (including phenoxy) is 1. The Hall–Kier alpha value is -2.44. The van der Waals surface area contributed by atoms with E-state index >= 15 is 0 Å². The topological polar surface area (TPSA) is 55.4 Å². The number of nitrogens with one attached hydrogen (secondary N) is 1. The lowest BCUT2D eigenvalue weighted by atomic mass is 10.1. The van der Waals surface area contributed by atoms with Gasteiger partial charge in [-0.1, -0.05) is 59.6 Å². The van der Waals surface area contributed by atoms with Crippen LogP contribution in [-0.4, -0.2) is 18.5 Å². The van der Waals surface area contributed by atoms with Crippen LogP contribution in [0.25, 0.3) is 16.2 Å². The molecule has 2 aromatic carbocycles. The molecule has 0 unspecified atom stereocenters. The fourth-order valence-corrected chi connectivity index (χ4v) is 3.97. The molecule has 1 amide bonds. The summed E-state index contributed by atoms with van der Waals surface area (Å²) in [5.74, 6) is -0.699. The first-order chi connectivity index (χ1) is 13.6. The van der Waals surface area contributed by atoms with Crippen molar-refractivity contribution in [2.24, 2.45) is 0 Å². The van der Waals surface area contributed by atoms with Gasteiger partial charge in [0.05, 0.1) is 6.61 Å². The van der Waals surface area contributed by atoms with Crippen molar-refractivity contribution in [1.82, 2.24) is 0 Å². The summed E-state index contributed by atoms with van der Waals surface area (Å²) >= 11 is 4.76. The molecular formula is C22H20BrNO3S. The largest absolute Gasteiger partial charge is 0.462 e. The molecule has 0 spiro atoms. The number of esters is 1. The molecule has 0 aliphatic carbocycles. The Kier molecular flexibility index (Phi) is 7.01. The number of anilines is 1. The predicted molar refractivity (Wildman–Crippen MR) is 119 cm³/mol. The molecule has 0 bridgehead atoms. The maximum Gasteiger partial charge on any atom is 0.341 e. The highest BCUT2D eigenvalue weighted by Crippen LogP contribution is 2.36. The van der Waals surface area contributed by atoms with E-state index in [0.29, 0.717) is 17.2 Å². The third-order valence-electron chi connectivity index (χ3n) is 4.06. The maximum absolute atomic E-state index is 12.6. The number of unbranched alkanes of at least 4 members (excludes halogenated alkanes) is 1. The first-order valence-corrected chi connectivity index (χ1v) is 10.6. The van der Waals surface area contributed by atoms with Gasteiger partial charge in [-0.15, -0.1) is 11.3 Å². The van der Waals surface area contributed by atoms with E-state index in [1.165, 1.54) is 17.4 Å². The van der Waals surface area contributed by atoms with Crippen LogP contribution in [0.2, 0.25) is 0 Å². The van der Waals surface area contributed by atoms with Crippen LogP contribution in [-0.2, 0) is 9.53 Å². The molecule has 0 saturated carbocycles. The average molecular weight is 458 g/mol. The summed E-state index contributed by atoms with van der Waals surface area (Å²) in [4.78, 5) is 25.0. The van der Waals surface area contributed by atoms with Crippen molar-refractivity contribution in [3.8, 4) is 0 Å². The molecule has 0 fully saturated rings. The zero-order valence-electron chi connectivity index (χ0n) is 15.4. The van der Waals surface area contributed by atoms with E-state index in [9.17, 15) is 9.59 Å². The number of rotatable bonds is 7. The van der Waals surface area contributed by atoms with E-state index in [2.05, 4.69) is 21.2 Å². The molecule has 0 aliphatic rings. The Morgan fingerprint density at radius 3 is 2.64 bits per heavy atom. The van der Waals surface area contributed by atoms with Gasteiger partial charge in [-0.2, -0.15) is 0 Å². The van der Waals surface area contributed by atoms with Gasteiger partial charge >= 0.3 is 5.97 Å². The summed E-state index contributed by atoms with van der Waals surface area (Å²) in [7, 11) is 0. The van der Waals surface area contributed by atoms with Gasteiger partial charge in [0, 0.05) is 20.6 Å². The summed E-state index contributed by atoms with van der Waals surface area (Å²) < 4.78 is 7.30. The lowest BCUT2D eigenvalue weighted by molar-refractivity contribution is -0.111. The predicted octanol–water partition coefficient (Wildman–Crippen LogP) is 6.27. The van der Waals surface area contributed by atoms with E-state index in [1.807, 2.05) is 55.5 Å². The number of hydrogen-bond acceptors (Lipinski definition) is 4. The lowest BCUT2D eigenvalue weighted by Crippen LogP contribution is -2.12. The number of halogens is 1. The molecular weight excluding hydrogens is 438 g/mol. The highest BCUT2D eigenvalue weighted by Gasteiger charge is 2.21. The number of thiophene rings is 1. The van der Waals surface area contributed by atoms with Crippen LogP contribution in [0.5, 0.6) is 0 Å². The van der Waals surface area contributed by atoms with Crippen molar-refractivity contribution < 1.29 is 14.3 Å². The molecule has 144 valence electrons. The van der Waals surface area contributed by atoms with E-state index in [0.717, 1.165) is 33.0 Å². The molecule has 3 aromatic rings. The SMILES string of the molecule is CCCCOC(=O)c1c(NC(=O)C=Cc2ccc(Br)cc2)sc2ccccc12. The molecule has 1 heterocycles. The van der Waals surface area contributed by atoms with Crippen LogP contribution in [0.4, 0.5) is 5.00 Å². The minimum atomic E-state index is -0.405. The standard InChI is InChI=1S/C22H20BrNO3S/c1-2-3-14-27-22(26)20-17-6-4-5-7-18(17)28-21(20)24-19(25)13-10-15-8-11-16(23)12-9-15/h4-13H,2-3,14H2,1H3,(H,24,25). The average Bonchev–Trinajstić information content (AvgIpc) is 3.05. The van der Waals surface area contributed by atoms with Crippen LogP contribution in [0.1, 0.15) is 35.7 Å². The summed E-state index contributed by atoms with van der Waals surface area (Å²) in [5, 5.41) is 4.14. The number of hydrogen-bond donors (Lipinski definition) is 1. The maximum atomic E-state index is 12.6. The first kappa shape index (κ1) is 20.3. The van der Waals surface area contributed by atoms with E-state index < -0.39 is 5.97 Å². The second kappa shape index (κ2) is 9.66. The van der Waals surface area contributed by atoms with Gasteiger partial charge in [0.1, 0.15) is 10.6 Å². The molecule has 0 saturated heterocycles. The van der Waals surface area contributed by atoms with Gasteiger partial charge in [-0.25, -0.2) is 4.79 Å². The minimum Gasteiger partial charge on any atom is -0.462 e. The zero-order chi connectivity index (χ0) is 19.9. The van der Waals surface area contributed by atoms with Crippen LogP contribution in [0.3, 0.4) is 0 Å². The van der Waals surface area contributed by atoms with Crippen molar-refractivity contribution >= 4 is 60.3 Å². The summed E-state index contributed by atoms with van der Waals surface area (Å²) in [6, 6.07) is 15.2. The molecule has 1 N–H and O–H groups in total. The van der Waals surface area contributed by atoms with Gasteiger partial charge in [0.15, 0.2) is 0 Å². The second-order valence-corrected chi connectivity index (χ2v) is 8.13. The van der Waals surface area contributed by atoms with Gasteiger partial charge in [-0.05, 0) is 36.3 Å². The van der Waals surface area contributed by atoms with Gasteiger partial charge < -0.3 is 10.1 Å². The number of fused-ring (bicyclic) bond motifs is 1. The molecule has 6 heteroatoms. The fraction of sp³-hybridized carbons (Fsp3) is 0.182. The number of carbonyl (C=O) groups excluding carboxylic acids is 2. The number of benzene rings is 2. The van der Waals surface area contributed by atoms with Gasteiger partial charge in [0.25, 0.3) is 0 Å². The Bertz CT molecular complexity index is 1010. The Morgan fingerprint density at radius 2 is 1.89 bits per heavy atom. The van der Waals surface area contributed by atoms with Crippen molar-refractivity contribution in [3.63, 3.8) is 0 Å². The first-order valence-electron chi connectivity index (χ1n) is 9.01. The molecule has 0 aliphatic heterocycles. The highest BCUT2D eigenvalue weighted by atomic mass is 79.9. The zero-order valence-corrected chi connectivity index (χ0v) is 17.8. The molecule has 28 heavy (non-hydrogen) atoms. The molecule has 0 atom stereocenters. The molecule has 3 rings (SSSR count). The van der Waals surface area contributed by atoms with Crippen molar-refractivity contribution in [2.75, 3.05) is 11.9 Å². The normalized spacial score (nSPS) is 11.1. The minimum absolute atomic E-state index is 0.294. The Labute approximate surface area is 176 Å². The van der Waals surface area contributed by atoms with E-state index in [4.69, 9.17) is 4.74 Å². The summed E-state index contributed by atoms with van der Waals surface area (Å²) in [6.45, 7) is 2.41. The smallest absolute Gasteiger partial charge is 0.341 e. The van der Waals surface area contributed by atoms with Crippen molar-refractivity contribution in [3.05, 3.63) is 70.2 Å². The Morgan fingerprint density at radius 1 is 1.14 bits per heavy atom. The molecule has 0 radical (unpaired) electrons. The van der Waals surface area contributed by atoms with Gasteiger partial charge in [0.2, 0.25) is 5.91 Å². The highest BCUT2D eigenvalue weighted by molar-refractivity contribution is 9.10. The summed E-state index contributed by atoms with van der Waals surface area (Å²) in [5.41, 5.74) is 1.33. The monoisotopic (exact) mass is 457 g/mol. The van der Waals surface area contributed by atoms with Crippen LogP contribution in [0, 0.1) is 0 Å². The summed E-state index contributed by atoms with van der Waals surface area (Å²) in [6.07, 6.45) is 4.95. The Balaban J connectivity index is 1.81. The van der Waals surface area contributed by atoms with E-state index in [1.54, 1.807) is 6.08 Å². The number of carbonyl (C=O) groups is 2. The third kappa shape index (κ3) is 5.09. The fourth-order valence-electron chi connectivity index (χ4n) is 2.62. The quantitative estimate of drug-likeness (QED) is 0.258. The van der Waals surface area contributed by atoms with Gasteiger partial charge in [-0.3, -0.25) is 4.79 Å². The van der Waals surface area contributed by atoms with Crippen LogP contribution in [0.15, 0.2) is 59.1 Å². The number of amides is 1. The molecule has 4 nitrogen and oxygen atoms in total. The van der Waals surface area contributed by atoms with E-state index in [-0.39, 0.29) is 5.91 Å². The van der Waals surface area contributed by atoms with Crippen molar-refractivity contribution in [2.45, 2.75) is 19.8 Å². The van der Waals surface area contributed by atoms with Crippen molar-refractivity contribution in [1.29, 1.82) is 0 Å². The lowest BCUT2D eigenvalue weighted by Gasteiger charge is -2.06. The van der Waals surface area contributed by atoms with Crippen LogP contribution < -0.4 is 5.32 Å². The molecule has 1 aromatic heterocycles.